The summed E-state index contributed by atoms with van der Waals surface area (Å²) in [5, 5.41) is 3.62. The van der Waals surface area contributed by atoms with Crippen molar-refractivity contribution in [2.24, 2.45) is 10.9 Å². The minimum absolute atomic E-state index is 0.122. The highest BCUT2D eigenvalue weighted by Crippen LogP contribution is 2.18. The van der Waals surface area contributed by atoms with Crippen molar-refractivity contribution in [2.45, 2.75) is 19.8 Å². The second-order valence-electron chi connectivity index (χ2n) is 5.46. The van der Waals surface area contributed by atoms with E-state index in [1.807, 2.05) is 36.4 Å². The number of halogens is 1. The van der Waals surface area contributed by atoms with Crippen LogP contribution in [0.25, 0.3) is 0 Å². The van der Waals surface area contributed by atoms with Crippen molar-refractivity contribution in [1.29, 1.82) is 0 Å². The molecule has 6 heteroatoms. The topological polar surface area (TPSA) is 73.9 Å². The van der Waals surface area contributed by atoms with Gasteiger partial charge in [-0.15, -0.1) is 0 Å². The van der Waals surface area contributed by atoms with Gasteiger partial charge in [0.05, 0.1) is 0 Å². The number of amidine groups is 1. The third kappa shape index (κ3) is 5.38. The molecule has 0 atom stereocenters. The highest BCUT2D eigenvalue weighted by atomic mass is 79.9. The predicted molar refractivity (Wildman–Crippen MR) is 97.0 cm³/mol. The number of nitrogens with two attached hydrogens (primary N) is 1. The molecule has 0 saturated heterocycles. The van der Waals surface area contributed by atoms with E-state index in [0.717, 1.165) is 4.47 Å². The van der Waals surface area contributed by atoms with E-state index >= 15 is 0 Å². The fourth-order valence-electron chi connectivity index (χ4n) is 1.89. The number of hydrogen-bond donors (Lipinski definition) is 1. The van der Waals surface area contributed by atoms with Gasteiger partial charge < -0.3 is 15.3 Å². The molecule has 0 amide bonds. The van der Waals surface area contributed by atoms with Gasteiger partial charge in [-0.1, -0.05) is 59.2 Å². The largest absolute Gasteiger partial charge is 0.482 e. The van der Waals surface area contributed by atoms with Gasteiger partial charge in [0.25, 0.3) is 0 Å². The molecule has 0 spiro atoms. The Labute approximate surface area is 149 Å². The number of nitrogens with zero attached hydrogens (tertiary/aromatic N) is 1. The van der Waals surface area contributed by atoms with Crippen molar-refractivity contribution < 1.29 is 14.4 Å². The first kappa shape index (κ1) is 18.0. The van der Waals surface area contributed by atoms with Crippen LogP contribution in [-0.4, -0.2) is 18.4 Å². The highest BCUT2D eigenvalue weighted by molar-refractivity contribution is 9.10. The van der Waals surface area contributed by atoms with E-state index in [9.17, 15) is 4.79 Å². The van der Waals surface area contributed by atoms with Crippen LogP contribution in [0.5, 0.6) is 5.75 Å². The lowest BCUT2D eigenvalue weighted by atomic mass is 10.0. The van der Waals surface area contributed by atoms with Crippen LogP contribution in [0, 0.1) is 0 Å². The normalized spacial score (nSPS) is 11.4. The van der Waals surface area contributed by atoms with Gasteiger partial charge in [0.1, 0.15) is 5.75 Å². The van der Waals surface area contributed by atoms with Gasteiger partial charge >= 0.3 is 5.97 Å². The Bertz CT molecular complexity index is 710. The first-order valence-corrected chi connectivity index (χ1v) is 8.27. The summed E-state index contributed by atoms with van der Waals surface area (Å²) in [5.74, 6) is 0.543. The Morgan fingerprint density at radius 1 is 1.12 bits per heavy atom. The van der Waals surface area contributed by atoms with E-state index < -0.39 is 5.97 Å². The van der Waals surface area contributed by atoms with E-state index in [0.29, 0.717) is 17.2 Å². The lowest BCUT2D eigenvalue weighted by molar-refractivity contribution is -0.146. The van der Waals surface area contributed by atoms with Crippen LogP contribution >= 0.6 is 15.9 Å². The second kappa shape index (κ2) is 8.49. The molecule has 0 aliphatic rings. The number of carbonyl (C=O) groups is 1. The smallest absolute Gasteiger partial charge is 0.372 e. The number of ether oxygens (including phenoxy) is 1. The summed E-state index contributed by atoms with van der Waals surface area (Å²) in [6, 6.07) is 14.8. The van der Waals surface area contributed by atoms with Crippen molar-refractivity contribution >= 4 is 27.7 Å². The maximum atomic E-state index is 11.7. The molecule has 5 nitrogen and oxygen atoms in total. The van der Waals surface area contributed by atoms with Gasteiger partial charge in [-0.25, -0.2) is 4.79 Å². The minimum atomic E-state index is -0.622. The van der Waals surface area contributed by atoms with E-state index in [-0.39, 0.29) is 12.4 Å². The van der Waals surface area contributed by atoms with Crippen LogP contribution < -0.4 is 10.5 Å². The number of benzene rings is 2. The molecule has 0 unspecified atom stereocenters. The van der Waals surface area contributed by atoms with Gasteiger partial charge in [-0.3, -0.25) is 0 Å². The molecule has 0 radical (unpaired) electrons. The molecule has 0 saturated carbocycles. The molecule has 126 valence electrons. The zero-order valence-electron chi connectivity index (χ0n) is 13.5. The molecule has 0 bridgehead atoms. The second-order valence-corrected chi connectivity index (χ2v) is 6.37. The van der Waals surface area contributed by atoms with Crippen LogP contribution in [0.2, 0.25) is 0 Å². The van der Waals surface area contributed by atoms with E-state index in [1.165, 1.54) is 5.56 Å². The Balaban J connectivity index is 1.84. The Morgan fingerprint density at radius 3 is 2.33 bits per heavy atom. The zero-order valence-corrected chi connectivity index (χ0v) is 15.1. The van der Waals surface area contributed by atoms with Crippen LogP contribution in [-0.2, 0) is 9.63 Å². The standard InChI is InChI=1S/C18H19BrN2O3/c1-12(2)13-5-9-16(10-6-13)23-11-17(22)24-21-18(20)14-3-7-15(19)8-4-14/h3-10,12H,11H2,1-2H3,(H2,20,21). The summed E-state index contributed by atoms with van der Waals surface area (Å²) in [6.07, 6.45) is 0. The van der Waals surface area contributed by atoms with Crippen molar-refractivity contribution in [3.63, 3.8) is 0 Å². The Kier molecular flexibility index (Phi) is 6.37. The minimum Gasteiger partial charge on any atom is -0.482 e. The molecule has 0 heterocycles. The molecule has 24 heavy (non-hydrogen) atoms. The summed E-state index contributed by atoms with van der Waals surface area (Å²) < 4.78 is 6.29. The first-order valence-electron chi connectivity index (χ1n) is 7.47. The molecular weight excluding hydrogens is 372 g/mol. The van der Waals surface area contributed by atoms with E-state index in [4.69, 9.17) is 15.3 Å². The molecule has 0 aliphatic carbocycles. The van der Waals surface area contributed by atoms with Crippen LogP contribution in [0.3, 0.4) is 0 Å². The van der Waals surface area contributed by atoms with Crippen molar-refractivity contribution in [2.75, 3.05) is 6.61 Å². The van der Waals surface area contributed by atoms with Crippen LogP contribution in [0.1, 0.15) is 30.9 Å². The molecule has 2 aromatic rings. The first-order chi connectivity index (χ1) is 11.5. The number of oxime groups is 1. The summed E-state index contributed by atoms with van der Waals surface area (Å²) >= 11 is 3.33. The lowest BCUT2D eigenvalue weighted by Crippen LogP contribution is -2.17. The van der Waals surface area contributed by atoms with Gasteiger partial charge in [-0.2, -0.15) is 0 Å². The average Bonchev–Trinajstić information content (AvgIpc) is 2.58. The van der Waals surface area contributed by atoms with Gasteiger partial charge in [-0.05, 0) is 35.7 Å². The van der Waals surface area contributed by atoms with Crippen LogP contribution in [0.15, 0.2) is 58.2 Å². The van der Waals surface area contributed by atoms with E-state index in [2.05, 4.69) is 34.9 Å². The molecule has 2 rings (SSSR count). The third-order valence-corrected chi connectivity index (χ3v) is 3.82. The summed E-state index contributed by atoms with van der Waals surface area (Å²) in [5.41, 5.74) is 7.63. The summed E-state index contributed by atoms with van der Waals surface area (Å²) in [7, 11) is 0. The number of carbonyl (C=O) groups excluding carboxylic acids is 1. The molecule has 0 aromatic heterocycles. The lowest BCUT2D eigenvalue weighted by Gasteiger charge is -2.08. The van der Waals surface area contributed by atoms with Crippen molar-refractivity contribution in [3.8, 4) is 5.75 Å². The quantitative estimate of drug-likeness (QED) is 0.352. The third-order valence-electron chi connectivity index (χ3n) is 3.29. The fraction of sp³-hybridized carbons (Fsp3) is 0.222. The highest BCUT2D eigenvalue weighted by Gasteiger charge is 2.06. The maximum Gasteiger partial charge on any atom is 0.372 e. The Morgan fingerprint density at radius 2 is 1.75 bits per heavy atom. The SMILES string of the molecule is CC(C)c1ccc(OCC(=O)ON=C(N)c2ccc(Br)cc2)cc1. The number of hydrogen-bond acceptors (Lipinski definition) is 4. The van der Waals surface area contributed by atoms with Crippen molar-refractivity contribution in [1.82, 2.24) is 0 Å². The monoisotopic (exact) mass is 390 g/mol. The average molecular weight is 391 g/mol. The molecule has 2 N–H and O–H groups in total. The van der Waals surface area contributed by atoms with Crippen molar-refractivity contribution in [3.05, 3.63) is 64.1 Å². The fourth-order valence-corrected chi connectivity index (χ4v) is 2.16. The van der Waals surface area contributed by atoms with E-state index in [1.54, 1.807) is 12.1 Å². The summed E-state index contributed by atoms with van der Waals surface area (Å²) in [6.45, 7) is 3.99. The number of rotatable bonds is 6. The molecule has 0 fully saturated rings. The van der Waals surface area contributed by atoms with Gasteiger partial charge in [0.2, 0.25) is 0 Å². The molecular formula is C18H19BrN2O3. The summed E-state index contributed by atoms with van der Waals surface area (Å²) in [4.78, 5) is 16.4. The van der Waals surface area contributed by atoms with Crippen LogP contribution in [0.4, 0.5) is 0 Å². The molecule has 0 aliphatic heterocycles. The zero-order chi connectivity index (χ0) is 17.5. The predicted octanol–water partition coefficient (Wildman–Crippen LogP) is 3.82. The maximum absolute atomic E-state index is 11.7. The van der Waals surface area contributed by atoms with Gasteiger partial charge in [0.15, 0.2) is 12.4 Å². The van der Waals surface area contributed by atoms with Gasteiger partial charge in [0, 0.05) is 10.0 Å². The molecule has 2 aromatic carbocycles. The Hall–Kier alpha value is -2.34.